The molecule has 1 saturated heterocycles. The third kappa shape index (κ3) is 6.05. The van der Waals surface area contributed by atoms with E-state index in [2.05, 4.69) is 21.3 Å². The molecule has 0 amide bonds. The fraction of sp³-hybridized carbons (Fsp3) is 0.385. The fourth-order valence-electron chi connectivity index (χ4n) is 4.22. The van der Waals surface area contributed by atoms with Crippen LogP contribution < -0.4 is 14.8 Å². The number of nitriles is 1. The number of halogens is 2. The van der Waals surface area contributed by atoms with Gasteiger partial charge in [0.1, 0.15) is 11.8 Å². The smallest absolute Gasteiger partial charge is 0.161 e. The van der Waals surface area contributed by atoms with Crippen LogP contribution in [0.15, 0.2) is 30.5 Å². The number of hydrogen-bond acceptors (Lipinski definition) is 8. The molecule has 190 valence electrons. The summed E-state index contributed by atoms with van der Waals surface area (Å²) in [5, 5.41) is 34.4. The van der Waals surface area contributed by atoms with Crippen LogP contribution in [0.5, 0.6) is 17.2 Å². The van der Waals surface area contributed by atoms with Crippen LogP contribution in [0.4, 0.5) is 11.4 Å². The number of piperidine rings is 1. The van der Waals surface area contributed by atoms with Crippen LogP contribution >= 0.6 is 23.2 Å². The second-order valence-corrected chi connectivity index (χ2v) is 9.53. The highest BCUT2D eigenvalue weighted by Crippen LogP contribution is 2.40. The third-order valence-electron chi connectivity index (χ3n) is 6.25. The molecule has 3 aromatic rings. The summed E-state index contributed by atoms with van der Waals surface area (Å²) in [6.07, 6.45) is 4.68. The number of aliphatic hydroxyl groups excluding tert-OH is 1. The van der Waals surface area contributed by atoms with E-state index in [-0.39, 0.29) is 11.9 Å². The van der Waals surface area contributed by atoms with Gasteiger partial charge in [-0.05, 0) is 44.4 Å². The van der Waals surface area contributed by atoms with E-state index >= 15 is 0 Å². The zero-order valence-electron chi connectivity index (χ0n) is 19.9. The van der Waals surface area contributed by atoms with Crippen molar-refractivity contribution in [3.8, 4) is 23.3 Å². The lowest BCUT2D eigenvalue weighted by Gasteiger charge is -2.29. The van der Waals surface area contributed by atoms with Gasteiger partial charge in [0.15, 0.2) is 11.5 Å². The molecule has 3 N–H and O–H groups in total. The second-order valence-electron chi connectivity index (χ2n) is 8.72. The van der Waals surface area contributed by atoms with Crippen molar-refractivity contribution in [2.75, 3.05) is 38.7 Å². The molecule has 0 atom stereocenters. The van der Waals surface area contributed by atoms with Gasteiger partial charge in [0, 0.05) is 36.8 Å². The second kappa shape index (κ2) is 11.8. The van der Waals surface area contributed by atoms with Crippen molar-refractivity contribution in [2.45, 2.75) is 31.8 Å². The zero-order valence-corrected chi connectivity index (χ0v) is 21.4. The topological polar surface area (TPSA) is 111 Å². The third-order valence-corrected chi connectivity index (χ3v) is 6.86. The zero-order chi connectivity index (χ0) is 25.7. The predicted molar refractivity (Wildman–Crippen MR) is 141 cm³/mol. The molecule has 8 nitrogen and oxygen atoms in total. The van der Waals surface area contributed by atoms with Crippen molar-refractivity contribution >= 4 is 45.5 Å². The molecule has 1 aliphatic rings. The average Bonchev–Trinajstić information content (AvgIpc) is 2.87. The Bertz CT molecular complexity index is 1270. The lowest BCUT2D eigenvalue weighted by atomic mass is 10.1. The molecule has 1 aromatic heterocycles. The predicted octanol–water partition coefficient (Wildman–Crippen LogP) is 5.49. The van der Waals surface area contributed by atoms with Gasteiger partial charge in [0.05, 0.1) is 52.3 Å². The van der Waals surface area contributed by atoms with Gasteiger partial charge in [0.2, 0.25) is 0 Å². The molecule has 4 rings (SSSR count). The molecule has 36 heavy (non-hydrogen) atoms. The number of benzene rings is 2. The molecule has 0 bridgehead atoms. The maximum Gasteiger partial charge on any atom is 0.161 e. The molecule has 0 spiro atoms. The molecule has 2 heterocycles. The number of pyridine rings is 1. The lowest BCUT2D eigenvalue weighted by Crippen LogP contribution is -2.36. The Kier molecular flexibility index (Phi) is 8.60. The first kappa shape index (κ1) is 26.1. The van der Waals surface area contributed by atoms with Crippen LogP contribution in [0.25, 0.3) is 10.9 Å². The monoisotopic (exact) mass is 530 g/mol. The number of fused-ring (bicyclic) bond motifs is 1. The van der Waals surface area contributed by atoms with E-state index in [0.717, 1.165) is 45.3 Å². The fourth-order valence-corrected chi connectivity index (χ4v) is 4.73. The minimum atomic E-state index is -0.173. The molecular formula is C26H28Cl2N4O4. The van der Waals surface area contributed by atoms with Crippen molar-refractivity contribution in [1.29, 1.82) is 5.26 Å². The van der Waals surface area contributed by atoms with E-state index in [1.165, 1.54) is 19.4 Å². The van der Waals surface area contributed by atoms with Crippen molar-refractivity contribution in [3.63, 3.8) is 0 Å². The molecule has 0 radical (unpaired) electrons. The number of nitrogens with zero attached hydrogens (tertiary/aromatic N) is 3. The Labute approximate surface area is 220 Å². The maximum atomic E-state index is 10.5. The van der Waals surface area contributed by atoms with Crippen molar-refractivity contribution in [2.24, 2.45) is 0 Å². The summed E-state index contributed by atoms with van der Waals surface area (Å²) in [4.78, 5) is 6.66. The van der Waals surface area contributed by atoms with Crippen molar-refractivity contribution in [3.05, 3.63) is 46.1 Å². The van der Waals surface area contributed by atoms with E-state index < -0.39 is 0 Å². The molecule has 1 fully saturated rings. The molecule has 0 unspecified atom stereocenters. The number of hydrogen-bond donors (Lipinski definition) is 3. The van der Waals surface area contributed by atoms with Crippen LogP contribution in [0.3, 0.4) is 0 Å². The minimum Gasteiger partial charge on any atom is -0.504 e. The van der Waals surface area contributed by atoms with E-state index in [4.69, 9.17) is 32.7 Å². The number of likely N-dealkylation sites (tertiary alicyclic amines) is 1. The summed E-state index contributed by atoms with van der Waals surface area (Å²) in [6, 6.07) is 8.55. The number of ether oxygens (including phenoxy) is 2. The van der Waals surface area contributed by atoms with Gasteiger partial charge in [0.25, 0.3) is 0 Å². The van der Waals surface area contributed by atoms with E-state index in [9.17, 15) is 15.5 Å². The normalized spacial score (nSPS) is 14.5. The lowest BCUT2D eigenvalue weighted by molar-refractivity contribution is 0.0812. The van der Waals surface area contributed by atoms with Gasteiger partial charge in [-0.15, -0.1) is 0 Å². The standard InChI is InChI=1S/C26H28Cl2N4O4/c1-35-24-13-22(19(27)11-20(24)28)31-26-16(14-29)15-30-21-12-23(34)25(10-18(21)26)36-9-3-2-6-32-7-4-17(33)5-8-32/h10-13,15,17,33-34H,2-9H2,1H3,(H,30,31). The highest BCUT2D eigenvalue weighted by molar-refractivity contribution is 6.37. The van der Waals surface area contributed by atoms with Gasteiger partial charge in [-0.1, -0.05) is 23.2 Å². The minimum absolute atomic E-state index is 0.0260. The number of aromatic nitrogens is 1. The highest BCUT2D eigenvalue weighted by atomic mass is 35.5. The number of aliphatic hydroxyl groups is 1. The number of anilines is 2. The Morgan fingerprint density at radius 1 is 1.14 bits per heavy atom. The number of phenolic OH excluding ortho intramolecular Hbond substituents is 1. The first-order valence-electron chi connectivity index (χ1n) is 11.8. The summed E-state index contributed by atoms with van der Waals surface area (Å²) in [5.74, 6) is 0.716. The van der Waals surface area contributed by atoms with Crippen molar-refractivity contribution < 1.29 is 19.7 Å². The summed E-state index contributed by atoms with van der Waals surface area (Å²) in [7, 11) is 1.50. The first-order chi connectivity index (χ1) is 17.4. The molecule has 0 aliphatic carbocycles. The average molecular weight is 531 g/mol. The number of rotatable bonds is 9. The summed E-state index contributed by atoms with van der Waals surface area (Å²) >= 11 is 12.6. The van der Waals surface area contributed by atoms with Crippen LogP contribution in [0.2, 0.25) is 10.0 Å². The maximum absolute atomic E-state index is 10.5. The van der Waals surface area contributed by atoms with Gasteiger partial charge in [-0.2, -0.15) is 5.26 Å². The Balaban J connectivity index is 1.51. The Hall–Kier alpha value is -2.96. The summed E-state index contributed by atoms with van der Waals surface area (Å²) in [5.41, 5.74) is 1.77. The van der Waals surface area contributed by atoms with Crippen LogP contribution in [-0.4, -0.2) is 59.6 Å². The Morgan fingerprint density at radius 3 is 2.64 bits per heavy atom. The number of aromatic hydroxyl groups is 1. The highest BCUT2D eigenvalue weighted by Gasteiger charge is 2.17. The SMILES string of the molecule is COc1cc(Nc2c(C#N)cnc3cc(O)c(OCCCCN4CCC(O)CC4)cc23)c(Cl)cc1Cl. The molecule has 1 aliphatic heterocycles. The molecule has 10 heteroatoms. The summed E-state index contributed by atoms with van der Waals surface area (Å²) in [6.45, 7) is 3.22. The molecular weight excluding hydrogens is 503 g/mol. The van der Waals surface area contributed by atoms with Gasteiger partial charge in [-0.25, -0.2) is 0 Å². The van der Waals surface area contributed by atoms with Crippen LogP contribution in [0.1, 0.15) is 31.2 Å². The first-order valence-corrected chi connectivity index (χ1v) is 12.5. The van der Waals surface area contributed by atoms with Crippen molar-refractivity contribution in [1.82, 2.24) is 9.88 Å². The molecule has 0 saturated carbocycles. The number of methoxy groups -OCH3 is 1. The van der Waals surface area contributed by atoms with E-state index in [1.54, 1.807) is 18.2 Å². The number of nitrogens with one attached hydrogen (secondary N) is 1. The van der Waals surface area contributed by atoms with E-state index in [0.29, 0.717) is 56.0 Å². The molecule has 2 aromatic carbocycles. The number of unbranched alkanes of at least 4 members (excludes halogenated alkanes) is 1. The van der Waals surface area contributed by atoms with Gasteiger partial charge in [-0.3, -0.25) is 4.98 Å². The summed E-state index contributed by atoms with van der Waals surface area (Å²) < 4.78 is 11.2. The van der Waals surface area contributed by atoms with Crippen LogP contribution in [0, 0.1) is 11.3 Å². The van der Waals surface area contributed by atoms with Gasteiger partial charge < -0.3 is 29.9 Å². The number of phenols is 1. The largest absolute Gasteiger partial charge is 0.504 e. The Morgan fingerprint density at radius 2 is 1.92 bits per heavy atom. The van der Waals surface area contributed by atoms with Crippen LogP contribution in [-0.2, 0) is 0 Å². The van der Waals surface area contributed by atoms with E-state index in [1.807, 2.05) is 0 Å². The van der Waals surface area contributed by atoms with Gasteiger partial charge >= 0.3 is 0 Å². The quantitative estimate of drug-likeness (QED) is 0.311.